The lowest BCUT2D eigenvalue weighted by Crippen LogP contribution is -2.35. The molecule has 0 bridgehead atoms. The van der Waals surface area contributed by atoms with Crippen molar-refractivity contribution >= 4 is 38.8 Å². The van der Waals surface area contributed by atoms with Crippen LogP contribution in [0.5, 0.6) is 0 Å². The Morgan fingerprint density at radius 1 is 1.36 bits per heavy atom. The van der Waals surface area contributed by atoms with Gasteiger partial charge in [-0.15, -0.1) is 11.6 Å². The smallest absolute Gasteiger partial charge is 0.258 e. The zero-order valence-corrected chi connectivity index (χ0v) is 12.9. The Balaban J connectivity index is 2.57. The topological polar surface area (TPSA) is 116 Å². The number of Topliss-reactive ketones (excluding diaryl/α,β-unsaturated/α-hetero) is 1. The lowest BCUT2D eigenvalue weighted by Gasteiger charge is -2.22. The number of carbonyl (C=O) groups is 2. The van der Waals surface area contributed by atoms with Crippen LogP contribution in [0.1, 0.15) is 10.4 Å². The van der Waals surface area contributed by atoms with Gasteiger partial charge in [-0.05, 0) is 18.2 Å². The highest BCUT2D eigenvalue weighted by Crippen LogP contribution is 2.26. The summed E-state index contributed by atoms with van der Waals surface area (Å²) in [6, 6.07) is 5.59. The number of rotatable bonds is 3. The second-order valence-electron chi connectivity index (χ2n) is 4.48. The Kier molecular flexibility index (Phi) is 4.21. The number of carbonyl (C=O) groups excluding carboxylic acids is 2. The van der Waals surface area contributed by atoms with Gasteiger partial charge in [-0.2, -0.15) is 5.26 Å². The first-order chi connectivity index (χ1) is 10.3. The van der Waals surface area contributed by atoms with Gasteiger partial charge in [0.1, 0.15) is 17.5 Å². The maximum Gasteiger partial charge on any atom is 0.258 e. The normalized spacial score (nSPS) is 16.0. The minimum atomic E-state index is -3.46. The van der Waals surface area contributed by atoms with Gasteiger partial charge in [0, 0.05) is 6.26 Å². The summed E-state index contributed by atoms with van der Waals surface area (Å²) < 4.78 is 23.1. The predicted octanol–water partition coefficient (Wildman–Crippen LogP) is 0.788. The molecule has 1 aliphatic heterocycles. The number of alkyl halides is 1. The number of amides is 1. The highest BCUT2D eigenvalue weighted by atomic mass is 35.5. The van der Waals surface area contributed by atoms with Gasteiger partial charge in [0.05, 0.1) is 22.0 Å². The monoisotopic (exact) mass is 339 g/mol. The first kappa shape index (κ1) is 16.0. The number of nitrogens with zero attached hydrogens (tertiary/aromatic N) is 1. The number of halogens is 1. The van der Waals surface area contributed by atoms with Crippen LogP contribution < -0.4 is 10.6 Å². The van der Waals surface area contributed by atoms with Crippen molar-refractivity contribution < 1.29 is 18.0 Å². The van der Waals surface area contributed by atoms with Crippen LogP contribution in [-0.2, 0) is 14.6 Å². The lowest BCUT2D eigenvalue weighted by molar-refractivity contribution is -0.113. The molecule has 0 unspecified atom stereocenters. The standard InChI is InChI=1S/C13H10ClN3O4S/c1-22(20,21)7-2-3-8-10(4-7)16-12(17-13(8)19)9(6-15)11(18)5-14/h2-4,16H,5H2,1H3,(H,17,19)/b12-9-. The van der Waals surface area contributed by atoms with Crippen LogP contribution in [-0.4, -0.2) is 32.2 Å². The molecule has 1 aromatic rings. The van der Waals surface area contributed by atoms with Gasteiger partial charge in [-0.1, -0.05) is 0 Å². The number of hydrogen-bond acceptors (Lipinski definition) is 6. The average molecular weight is 340 g/mol. The van der Waals surface area contributed by atoms with Crippen molar-refractivity contribution in [1.82, 2.24) is 5.32 Å². The van der Waals surface area contributed by atoms with Crippen LogP contribution in [0.25, 0.3) is 0 Å². The summed E-state index contributed by atoms with van der Waals surface area (Å²) in [6.45, 7) is 0. The van der Waals surface area contributed by atoms with Gasteiger partial charge in [-0.25, -0.2) is 8.42 Å². The third kappa shape index (κ3) is 2.95. The minimum absolute atomic E-state index is 0.00924. The number of ketones is 1. The third-order valence-electron chi connectivity index (χ3n) is 2.92. The molecule has 0 spiro atoms. The second kappa shape index (κ2) is 5.79. The highest BCUT2D eigenvalue weighted by molar-refractivity contribution is 7.90. The third-order valence-corrected chi connectivity index (χ3v) is 4.28. The number of hydrogen-bond donors (Lipinski definition) is 2. The Morgan fingerprint density at radius 3 is 2.59 bits per heavy atom. The average Bonchev–Trinajstić information content (AvgIpc) is 2.46. The van der Waals surface area contributed by atoms with Crippen LogP contribution in [0, 0.1) is 11.3 Å². The number of sulfone groups is 1. The molecule has 0 saturated heterocycles. The van der Waals surface area contributed by atoms with E-state index in [-0.39, 0.29) is 27.5 Å². The zero-order valence-electron chi connectivity index (χ0n) is 11.3. The SMILES string of the molecule is CS(=O)(=O)c1ccc2c(c1)N/C(=C(\C#N)C(=O)CCl)NC2=O. The van der Waals surface area contributed by atoms with Crippen molar-refractivity contribution in [2.45, 2.75) is 4.90 Å². The van der Waals surface area contributed by atoms with Crippen molar-refractivity contribution in [1.29, 1.82) is 5.26 Å². The second-order valence-corrected chi connectivity index (χ2v) is 6.76. The molecule has 0 aliphatic carbocycles. The number of nitriles is 1. The predicted molar refractivity (Wildman–Crippen MR) is 79.0 cm³/mol. The Labute approximate surface area is 131 Å². The first-order valence-corrected chi connectivity index (χ1v) is 8.36. The maximum absolute atomic E-state index is 12.0. The maximum atomic E-state index is 12.0. The molecule has 1 heterocycles. The Bertz CT molecular complexity index is 853. The Morgan fingerprint density at radius 2 is 2.05 bits per heavy atom. The van der Waals surface area contributed by atoms with E-state index in [4.69, 9.17) is 16.9 Å². The van der Waals surface area contributed by atoms with Crippen LogP contribution in [0.2, 0.25) is 0 Å². The Hall–Kier alpha value is -2.37. The zero-order chi connectivity index (χ0) is 16.5. The molecular formula is C13H10ClN3O4S. The summed E-state index contributed by atoms with van der Waals surface area (Å²) in [5.41, 5.74) is 0.0577. The van der Waals surface area contributed by atoms with Crippen LogP contribution >= 0.6 is 11.6 Å². The van der Waals surface area contributed by atoms with Crippen LogP contribution in [0.4, 0.5) is 5.69 Å². The lowest BCUT2D eigenvalue weighted by atomic mass is 10.1. The minimum Gasteiger partial charge on any atom is -0.340 e. The van der Waals surface area contributed by atoms with E-state index in [0.717, 1.165) is 6.26 Å². The highest BCUT2D eigenvalue weighted by Gasteiger charge is 2.25. The number of allylic oxidation sites excluding steroid dienone is 1. The van der Waals surface area contributed by atoms with Gasteiger partial charge >= 0.3 is 0 Å². The number of benzene rings is 1. The molecule has 0 fully saturated rings. The van der Waals surface area contributed by atoms with Gasteiger partial charge in [0.15, 0.2) is 15.6 Å². The molecule has 0 aromatic heterocycles. The van der Waals surface area contributed by atoms with E-state index in [1.165, 1.54) is 18.2 Å². The van der Waals surface area contributed by atoms with Gasteiger partial charge in [0.25, 0.3) is 5.91 Å². The summed E-state index contributed by atoms with van der Waals surface area (Å²) in [5, 5.41) is 14.1. The molecule has 0 saturated carbocycles. The molecule has 9 heteroatoms. The van der Waals surface area contributed by atoms with Crippen molar-refractivity contribution in [2.75, 3.05) is 17.5 Å². The summed E-state index contributed by atoms with van der Waals surface area (Å²) in [4.78, 5) is 23.6. The summed E-state index contributed by atoms with van der Waals surface area (Å²) in [6.07, 6.45) is 1.03. The van der Waals surface area contributed by atoms with E-state index in [9.17, 15) is 18.0 Å². The first-order valence-electron chi connectivity index (χ1n) is 5.94. The molecule has 0 atom stereocenters. The molecule has 22 heavy (non-hydrogen) atoms. The largest absolute Gasteiger partial charge is 0.340 e. The molecule has 1 amide bonds. The van der Waals surface area contributed by atoms with Crippen molar-refractivity contribution in [2.24, 2.45) is 0 Å². The van der Waals surface area contributed by atoms with Gasteiger partial charge in [-0.3, -0.25) is 9.59 Å². The van der Waals surface area contributed by atoms with E-state index >= 15 is 0 Å². The van der Waals surface area contributed by atoms with Gasteiger partial charge in [0.2, 0.25) is 0 Å². The summed E-state index contributed by atoms with van der Waals surface area (Å²) in [5.74, 6) is -1.75. The number of nitrogens with one attached hydrogen (secondary N) is 2. The molecule has 1 aromatic carbocycles. The van der Waals surface area contributed by atoms with E-state index in [2.05, 4.69) is 10.6 Å². The molecule has 1 aliphatic rings. The van der Waals surface area contributed by atoms with Crippen molar-refractivity contribution in [3.8, 4) is 6.07 Å². The van der Waals surface area contributed by atoms with E-state index in [0.29, 0.717) is 0 Å². The molecule has 2 rings (SSSR count). The molecule has 2 N–H and O–H groups in total. The summed E-state index contributed by atoms with van der Waals surface area (Å²) in [7, 11) is -3.46. The van der Waals surface area contributed by atoms with E-state index in [1.54, 1.807) is 6.07 Å². The van der Waals surface area contributed by atoms with E-state index < -0.39 is 27.4 Å². The van der Waals surface area contributed by atoms with E-state index in [1.807, 2.05) is 0 Å². The fourth-order valence-corrected chi connectivity index (χ4v) is 2.63. The summed E-state index contributed by atoms with van der Waals surface area (Å²) >= 11 is 5.41. The van der Waals surface area contributed by atoms with Crippen LogP contribution in [0.15, 0.2) is 34.5 Å². The molecule has 7 nitrogen and oxygen atoms in total. The quantitative estimate of drug-likeness (QED) is 0.478. The number of anilines is 1. The number of fused-ring (bicyclic) bond motifs is 1. The molecule has 114 valence electrons. The van der Waals surface area contributed by atoms with Gasteiger partial charge < -0.3 is 10.6 Å². The van der Waals surface area contributed by atoms with Crippen LogP contribution in [0.3, 0.4) is 0 Å². The fourth-order valence-electron chi connectivity index (χ4n) is 1.85. The molecule has 0 radical (unpaired) electrons. The van der Waals surface area contributed by atoms with Crippen molar-refractivity contribution in [3.63, 3.8) is 0 Å². The molecular weight excluding hydrogens is 330 g/mol. The fraction of sp³-hybridized carbons (Fsp3) is 0.154. The van der Waals surface area contributed by atoms with Crippen molar-refractivity contribution in [3.05, 3.63) is 35.2 Å².